The van der Waals surface area contributed by atoms with E-state index in [-0.39, 0.29) is 12.1 Å². The number of benzene rings is 1. The van der Waals surface area contributed by atoms with Crippen LogP contribution in [0.4, 0.5) is 17.5 Å². The Morgan fingerprint density at radius 3 is 2.56 bits per heavy atom. The summed E-state index contributed by atoms with van der Waals surface area (Å²) in [7, 11) is 0. The summed E-state index contributed by atoms with van der Waals surface area (Å²) in [6, 6.07) is 10.3. The molecule has 0 aliphatic heterocycles. The highest BCUT2D eigenvalue weighted by Gasteiger charge is 2.22. The van der Waals surface area contributed by atoms with Crippen LogP contribution in [0.1, 0.15) is 25.7 Å². The van der Waals surface area contributed by atoms with Gasteiger partial charge in [-0.3, -0.25) is 9.97 Å². The number of rotatable bonds is 5. The van der Waals surface area contributed by atoms with Crippen LogP contribution in [0.3, 0.4) is 0 Å². The predicted octanol–water partition coefficient (Wildman–Crippen LogP) is 3.36. The topological polar surface area (TPSA) is 102 Å². The van der Waals surface area contributed by atoms with Crippen LogP contribution in [0.5, 0.6) is 0 Å². The van der Waals surface area contributed by atoms with Crippen molar-refractivity contribution >= 4 is 17.5 Å². The molecule has 1 aliphatic carbocycles. The molecule has 1 fully saturated rings. The van der Waals surface area contributed by atoms with Crippen molar-refractivity contribution in [1.82, 2.24) is 19.9 Å². The van der Waals surface area contributed by atoms with Gasteiger partial charge in [0.25, 0.3) is 0 Å². The lowest BCUT2D eigenvalue weighted by atomic mass is 9.91. The molecule has 7 heteroatoms. The number of hydrogen-bond donors (Lipinski definition) is 3. The molecule has 7 nitrogen and oxygen atoms in total. The number of nitrogens with zero attached hydrogens (tertiary/aromatic N) is 4. The number of hydrogen-bond acceptors (Lipinski definition) is 7. The fourth-order valence-corrected chi connectivity index (χ4v) is 3.32. The zero-order chi connectivity index (χ0) is 18.5. The standard InChI is InChI=1S/C20H23N7/c21-16-3-1-2-4-17(16)26-20-24-10-9-19(27-20)25-15-7-5-14(6-8-15)18-13-22-11-12-23-18/h5-13,16-17H,1-4,21H2,(H2,24,25,26,27)/t16-,17+/m0/s1. The Morgan fingerprint density at radius 1 is 0.926 bits per heavy atom. The van der Waals surface area contributed by atoms with E-state index in [9.17, 15) is 0 Å². The first-order chi connectivity index (χ1) is 13.3. The maximum Gasteiger partial charge on any atom is 0.224 e. The molecule has 4 N–H and O–H groups in total. The van der Waals surface area contributed by atoms with E-state index in [2.05, 4.69) is 30.6 Å². The van der Waals surface area contributed by atoms with Gasteiger partial charge in [-0.05, 0) is 31.0 Å². The first-order valence-electron chi connectivity index (χ1n) is 9.26. The fourth-order valence-electron chi connectivity index (χ4n) is 3.32. The van der Waals surface area contributed by atoms with Crippen molar-refractivity contribution in [2.45, 2.75) is 37.8 Å². The Balaban J connectivity index is 1.43. The van der Waals surface area contributed by atoms with Crippen molar-refractivity contribution in [3.63, 3.8) is 0 Å². The Bertz CT molecular complexity index is 867. The van der Waals surface area contributed by atoms with Crippen molar-refractivity contribution < 1.29 is 0 Å². The van der Waals surface area contributed by atoms with E-state index in [0.29, 0.717) is 5.95 Å². The largest absolute Gasteiger partial charge is 0.350 e. The molecule has 0 amide bonds. The van der Waals surface area contributed by atoms with Crippen LogP contribution in [-0.2, 0) is 0 Å². The van der Waals surface area contributed by atoms with Crippen molar-refractivity contribution in [2.75, 3.05) is 10.6 Å². The van der Waals surface area contributed by atoms with Crippen LogP contribution in [0.2, 0.25) is 0 Å². The van der Waals surface area contributed by atoms with E-state index in [4.69, 9.17) is 5.73 Å². The summed E-state index contributed by atoms with van der Waals surface area (Å²) < 4.78 is 0. The molecule has 1 saturated carbocycles. The normalized spacial score (nSPS) is 19.4. The molecular formula is C20H23N7. The number of aromatic nitrogens is 4. The molecule has 0 unspecified atom stereocenters. The molecular weight excluding hydrogens is 338 g/mol. The van der Waals surface area contributed by atoms with Crippen LogP contribution in [0, 0.1) is 0 Å². The van der Waals surface area contributed by atoms with Crippen LogP contribution >= 0.6 is 0 Å². The molecule has 0 spiro atoms. The highest BCUT2D eigenvalue weighted by atomic mass is 15.2. The van der Waals surface area contributed by atoms with Crippen molar-refractivity contribution in [3.05, 3.63) is 55.1 Å². The Morgan fingerprint density at radius 2 is 1.78 bits per heavy atom. The maximum absolute atomic E-state index is 6.21. The first-order valence-corrected chi connectivity index (χ1v) is 9.26. The molecule has 4 rings (SSSR count). The summed E-state index contributed by atoms with van der Waals surface area (Å²) in [5.74, 6) is 1.35. The van der Waals surface area contributed by atoms with Gasteiger partial charge in [0.05, 0.1) is 11.9 Å². The van der Waals surface area contributed by atoms with Gasteiger partial charge in [0, 0.05) is 41.9 Å². The highest BCUT2D eigenvalue weighted by molar-refractivity contribution is 5.64. The zero-order valence-electron chi connectivity index (χ0n) is 15.0. The van der Waals surface area contributed by atoms with Gasteiger partial charge >= 0.3 is 0 Å². The fraction of sp³-hybridized carbons (Fsp3) is 0.300. The van der Waals surface area contributed by atoms with Gasteiger partial charge in [-0.1, -0.05) is 25.0 Å². The zero-order valence-corrected chi connectivity index (χ0v) is 15.0. The molecule has 138 valence electrons. The molecule has 0 bridgehead atoms. The third-order valence-corrected chi connectivity index (χ3v) is 4.81. The van der Waals surface area contributed by atoms with Gasteiger partial charge in [-0.15, -0.1) is 0 Å². The summed E-state index contributed by atoms with van der Waals surface area (Å²) >= 11 is 0. The summed E-state index contributed by atoms with van der Waals surface area (Å²) in [5, 5.41) is 6.70. The molecule has 0 saturated heterocycles. The molecule has 0 radical (unpaired) electrons. The Labute approximate surface area is 158 Å². The summed E-state index contributed by atoms with van der Waals surface area (Å²) in [4.78, 5) is 17.3. The van der Waals surface area contributed by atoms with Gasteiger partial charge in [-0.2, -0.15) is 4.98 Å². The van der Waals surface area contributed by atoms with Crippen LogP contribution in [0.25, 0.3) is 11.3 Å². The molecule has 2 heterocycles. The molecule has 2 atom stereocenters. The minimum absolute atomic E-state index is 0.160. The highest BCUT2D eigenvalue weighted by Crippen LogP contribution is 2.22. The minimum Gasteiger partial charge on any atom is -0.350 e. The first kappa shape index (κ1) is 17.4. The van der Waals surface area contributed by atoms with E-state index >= 15 is 0 Å². The lowest BCUT2D eigenvalue weighted by Gasteiger charge is -2.29. The third-order valence-electron chi connectivity index (χ3n) is 4.81. The maximum atomic E-state index is 6.21. The molecule has 1 aliphatic rings. The minimum atomic E-state index is 0.160. The van der Waals surface area contributed by atoms with E-state index in [0.717, 1.165) is 35.6 Å². The van der Waals surface area contributed by atoms with Gasteiger partial charge in [0.15, 0.2) is 0 Å². The second-order valence-electron chi connectivity index (χ2n) is 6.76. The Kier molecular flexibility index (Phi) is 5.20. The van der Waals surface area contributed by atoms with Crippen molar-refractivity contribution in [3.8, 4) is 11.3 Å². The van der Waals surface area contributed by atoms with Crippen molar-refractivity contribution in [2.24, 2.45) is 5.73 Å². The molecule has 3 aromatic rings. The quantitative estimate of drug-likeness (QED) is 0.640. The SMILES string of the molecule is N[C@H]1CCCC[C@H]1Nc1nccc(Nc2ccc(-c3cnccn3)cc2)n1. The van der Waals surface area contributed by atoms with Crippen LogP contribution < -0.4 is 16.4 Å². The summed E-state index contributed by atoms with van der Waals surface area (Å²) in [6.45, 7) is 0. The van der Waals surface area contributed by atoms with E-state index in [1.165, 1.54) is 12.8 Å². The van der Waals surface area contributed by atoms with Crippen LogP contribution in [-0.4, -0.2) is 32.0 Å². The van der Waals surface area contributed by atoms with E-state index in [1.807, 2.05) is 30.3 Å². The van der Waals surface area contributed by atoms with Gasteiger partial charge in [0.2, 0.25) is 5.95 Å². The van der Waals surface area contributed by atoms with Crippen molar-refractivity contribution in [1.29, 1.82) is 0 Å². The summed E-state index contributed by atoms with van der Waals surface area (Å²) in [5.41, 5.74) is 9.02. The predicted molar refractivity (Wildman–Crippen MR) is 107 cm³/mol. The van der Waals surface area contributed by atoms with E-state index in [1.54, 1.807) is 24.8 Å². The van der Waals surface area contributed by atoms with Gasteiger partial charge in [-0.25, -0.2) is 4.98 Å². The van der Waals surface area contributed by atoms with Crippen LogP contribution in [0.15, 0.2) is 55.1 Å². The summed E-state index contributed by atoms with van der Waals surface area (Å²) in [6.07, 6.45) is 11.4. The Hall–Kier alpha value is -3.06. The number of nitrogens with one attached hydrogen (secondary N) is 2. The lowest BCUT2D eigenvalue weighted by Crippen LogP contribution is -2.42. The lowest BCUT2D eigenvalue weighted by molar-refractivity contribution is 0.402. The number of nitrogens with two attached hydrogens (primary N) is 1. The average Bonchev–Trinajstić information content (AvgIpc) is 2.71. The number of anilines is 3. The third kappa shape index (κ3) is 4.38. The second kappa shape index (κ2) is 8.09. The monoisotopic (exact) mass is 361 g/mol. The molecule has 27 heavy (non-hydrogen) atoms. The molecule has 1 aromatic carbocycles. The van der Waals surface area contributed by atoms with Gasteiger partial charge in [0.1, 0.15) is 5.82 Å². The average molecular weight is 361 g/mol. The second-order valence-corrected chi connectivity index (χ2v) is 6.76. The van der Waals surface area contributed by atoms with Gasteiger partial charge < -0.3 is 16.4 Å². The molecule has 2 aromatic heterocycles. The smallest absolute Gasteiger partial charge is 0.224 e. The van der Waals surface area contributed by atoms with E-state index < -0.39 is 0 Å².